The molecule has 2 aromatic carbocycles. The predicted molar refractivity (Wildman–Crippen MR) is 93.2 cm³/mol. The van der Waals surface area contributed by atoms with Gasteiger partial charge in [-0.2, -0.15) is 8.78 Å². The van der Waals surface area contributed by atoms with Gasteiger partial charge in [0.25, 0.3) is 5.91 Å². The van der Waals surface area contributed by atoms with Gasteiger partial charge in [0.2, 0.25) is 0 Å². The summed E-state index contributed by atoms with van der Waals surface area (Å²) in [4.78, 5) is 23.6. The number of phenols is 1. The number of phenolic OH excluding ortho intramolecular Hbond substituents is 1. The van der Waals surface area contributed by atoms with Crippen molar-refractivity contribution < 1.29 is 33.0 Å². The van der Waals surface area contributed by atoms with Gasteiger partial charge in [-0.15, -0.1) is 0 Å². The molecule has 0 aliphatic carbocycles. The van der Waals surface area contributed by atoms with E-state index >= 15 is 0 Å². The predicted octanol–water partition coefficient (Wildman–Crippen LogP) is 3.16. The summed E-state index contributed by atoms with van der Waals surface area (Å²) < 4.78 is 33.2. The van der Waals surface area contributed by atoms with Crippen LogP contribution >= 0.6 is 11.6 Å². The van der Waals surface area contributed by atoms with Crippen LogP contribution in [0.4, 0.5) is 8.78 Å². The molecule has 0 spiro atoms. The minimum atomic E-state index is -2.88. The monoisotopic (exact) mass is 399 g/mol. The lowest BCUT2D eigenvalue weighted by molar-refractivity contribution is -0.124. The van der Waals surface area contributed by atoms with Crippen LogP contribution in [0.3, 0.4) is 0 Å². The minimum Gasteiger partial charge on any atom is -0.507 e. The molecule has 1 amide bonds. The highest BCUT2D eigenvalue weighted by atomic mass is 35.5. The van der Waals surface area contributed by atoms with Gasteiger partial charge in [0.15, 0.2) is 6.61 Å². The van der Waals surface area contributed by atoms with Crippen LogP contribution in [0.25, 0.3) is 0 Å². The number of nitrogens with one attached hydrogen (secondary N) is 1. The maximum absolute atomic E-state index is 12.1. The molecule has 0 aliphatic heterocycles. The number of hydrogen-bond donors (Lipinski definition) is 2. The highest BCUT2D eigenvalue weighted by Gasteiger charge is 2.15. The summed E-state index contributed by atoms with van der Waals surface area (Å²) in [5.74, 6) is -1.65. The molecule has 0 aliphatic rings. The average molecular weight is 400 g/mol. The van der Waals surface area contributed by atoms with Gasteiger partial charge in [-0.3, -0.25) is 4.79 Å². The fourth-order valence-corrected chi connectivity index (χ4v) is 2.29. The normalized spacial score (nSPS) is 10.5. The molecule has 144 valence electrons. The standard InChI is InChI=1S/C18H16ClF2NO5/c19-12-3-6-15(23)14(9-12)17(25)26-10-16(24)22-8-7-11-1-4-13(5-2-11)27-18(20)21/h1-6,9,18,23H,7-8,10H2,(H,22,24). The first-order valence-corrected chi connectivity index (χ1v) is 8.19. The summed E-state index contributed by atoms with van der Waals surface area (Å²) in [6.07, 6.45) is 0.448. The van der Waals surface area contributed by atoms with Crippen LogP contribution in [0.15, 0.2) is 42.5 Å². The number of aromatic hydroxyl groups is 1. The quantitative estimate of drug-likeness (QED) is 0.666. The van der Waals surface area contributed by atoms with Gasteiger partial charge in [0, 0.05) is 11.6 Å². The molecule has 9 heteroatoms. The molecule has 0 saturated carbocycles. The van der Waals surface area contributed by atoms with Gasteiger partial charge in [0.1, 0.15) is 17.1 Å². The van der Waals surface area contributed by atoms with Crippen molar-refractivity contribution in [3.63, 3.8) is 0 Å². The molecule has 0 heterocycles. The Balaban J connectivity index is 1.73. The van der Waals surface area contributed by atoms with Crippen LogP contribution in [0.2, 0.25) is 5.02 Å². The molecule has 0 unspecified atom stereocenters. The number of alkyl halides is 2. The largest absolute Gasteiger partial charge is 0.507 e. The Morgan fingerprint density at radius 1 is 1.15 bits per heavy atom. The maximum atomic E-state index is 12.1. The second-order valence-corrected chi connectivity index (χ2v) is 5.80. The molecular weight excluding hydrogens is 384 g/mol. The number of carbonyl (C=O) groups excluding carboxylic acids is 2. The number of hydrogen-bond acceptors (Lipinski definition) is 5. The van der Waals surface area contributed by atoms with Crippen LogP contribution in [0.1, 0.15) is 15.9 Å². The summed E-state index contributed by atoms with van der Waals surface area (Å²) in [5.41, 5.74) is 0.666. The van der Waals surface area contributed by atoms with Crippen LogP contribution in [0, 0.1) is 0 Å². The minimum absolute atomic E-state index is 0.0500. The number of ether oxygens (including phenoxy) is 2. The smallest absolute Gasteiger partial charge is 0.387 e. The number of rotatable bonds is 8. The molecule has 0 fully saturated rings. The summed E-state index contributed by atoms with van der Waals surface area (Å²) in [6.45, 7) is -3.15. The third kappa shape index (κ3) is 6.74. The fraction of sp³-hybridized carbons (Fsp3) is 0.222. The van der Waals surface area contributed by atoms with Crippen molar-refractivity contribution in [2.75, 3.05) is 13.2 Å². The zero-order chi connectivity index (χ0) is 19.8. The van der Waals surface area contributed by atoms with Crippen molar-refractivity contribution in [1.82, 2.24) is 5.32 Å². The lowest BCUT2D eigenvalue weighted by atomic mass is 10.1. The second kappa shape index (κ2) is 9.72. The van der Waals surface area contributed by atoms with Crippen LogP contribution < -0.4 is 10.1 Å². The van der Waals surface area contributed by atoms with E-state index in [-0.39, 0.29) is 28.6 Å². The third-order valence-electron chi connectivity index (χ3n) is 3.40. The SMILES string of the molecule is O=C(COC(=O)c1cc(Cl)ccc1O)NCCc1ccc(OC(F)F)cc1. The van der Waals surface area contributed by atoms with E-state index < -0.39 is 25.1 Å². The number of amides is 1. The van der Waals surface area contributed by atoms with Gasteiger partial charge in [-0.25, -0.2) is 4.79 Å². The Hall–Kier alpha value is -2.87. The molecule has 0 radical (unpaired) electrons. The maximum Gasteiger partial charge on any atom is 0.387 e. The number of carbonyl (C=O) groups is 2. The molecule has 0 bridgehead atoms. The third-order valence-corrected chi connectivity index (χ3v) is 3.63. The molecule has 2 aromatic rings. The zero-order valence-corrected chi connectivity index (χ0v) is 14.7. The topological polar surface area (TPSA) is 84.9 Å². The number of esters is 1. The Morgan fingerprint density at radius 2 is 1.85 bits per heavy atom. The van der Waals surface area contributed by atoms with Crippen molar-refractivity contribution in [1.29, 1.82) is 0 Å². The van der Waals surface area contributed by atoms with Gasteiger partial charge < -0.3 is 19.9 Å². The number of halogens is 3. The molecular formula is C18H16ClF2NO5. The van der Waals surface area contributed by atoms with E-state index in [4.69, 9.17) is 16.3 Å². The lowest BCUT2D eigenvalue weighted by Crippen LogP contribution is -2.30. The molecule has 0 saturated heterocycles. The van der Waals surface area contributed by atoms with Crippen LogP contribution in [0.5, 0.6) is 11.5 Å². The van der Waals surface area contributed by atoms with Gasteiger partial charge >= 0.3 is 12.6 Å². The van der Waals surface area contributed by atoms with E-state index in [2.05, 4.69) is 10.1 Å². The first-order valence-electron chi connectivity index (χ1n) is 7.81. The number of benzene rings is 2. The Kier molecular flexibility index (Phi) is 7.36. The Morgan fingerprint density at radius 3 is 2.52 bits per heavy atom. The zero-order valence-electron chi connectivity index (χ0n) is 14.0. The molecule has 6 nitrogen and oxygen atoms in total. The molecule has 2 N–H and O–H groups in total. The van der Waals surface area contributed by atoms with Crippen molar-refractivity contribution in [2.45, 2.75) is 13.0 Å². The van der Waals surface area contributed by atoms with Gasteiger partial charge in [-0.05, 0) is 42.3 Å². The highest BCUT2D eigenvalue weighted by Crippen LogP contribution is 2.22. The van der Waals surface area contributed by atoms with E-state index in [1.807, 2.05) is 0 Å². The summed E-state index contributed by atoms with van der Waals surface area (Å²) >= 11 is 5.74. The van der Waals surface area contributed by atoms with Crippen molar-refractivity contribution in [3.8, 4) is 11.5 Å². The average Bonchev–Trinajstić information content (AvgIpc) is 2.62. The van der Waals surface area contributed by atoms with Crippen LogP contribution in [-0.4, -0.2) is 36.7 Å². The second-order valence-electron chi connectivity index (χ2n) is 5.36. The molecule has 0 aromatic heterocycles. The van der Waals surface area contributed by atoms with E-state index in [0.717, 1.165) is 5.56 Å². The lowest BCUT2D eigenvalue weighted by Gasteiger charge is -2.08. The first kappa shape index (κ1) is 20.4. The Bertz CT molecular complexity index is 799. The van der Waals surface area contributed by atoms with E-state index in [0.29, 0.717) is 6.42 Å². The molecule has 27 heavy (non-hydrogen) atoms. The highest BCUT2D eigenvalue weighted by molar-refractivity contribution is 6.31. The fourth-order valence-electron chi connectivity index (χ4n) is 2.12. The van der Waals surface area contributed by atoms with Gasteiger partial charge in [0.05, 0.1) is 0 Å². The van der Waals surface area contributed by atoms with Crippen molar-refractivity contribution in [3.05, 3.63) is 58.6 Å². The van der Waals surface area contributed by atoms with E-state index in [1.54, 1.807) is 12.1 Å². The summed E-state index contributed by atoms with van der Waals surface area (Å²) in [5, 5.41) is 12.4. The van der Waals surface area contributed by atoms with Crippen molar-refractivity contribution >= 4 is 23.5 Å². The van der Waals surface area contributed by atoms with Crippen LogP contribution in [-0.2, 0) is 16.0 Å². The first-order chi connectivity index (χ1) is 12.8. The summed E-state index contributed by atoms with van der Waals surface area (Å²) in [6, 6.07) is 9.91. The van der Waals surface area contributed by atoms with Gasteiger partial charge in [-0.1, -0.05) is 23.7 Å². The van der Waals surface area contributed by atoms with Crippen molar-refractivity contribution in [2.24, 2.45) is 0 Å². The van der Waals surface area contributed by atoms with E-state index in [9.17, 15) is 23.5 Å². The Labute approximate surface area is 158 Å². The molecule has 0 atom stereocenters. The summed E-state index contributed by atoms with van der Waals surface area (Å²) in [7, 11) is 0. The molecule has 2 rings (SSSR count). The van der Waals surface area contributed by atoms with E-state index in [1.165, 1.54) is 30.3 Å².